The zero-order valence-electron chi connectivity index (χ0n) is 17.0. The first-order chi connectivity index (χ1) is 13.9. The van der Waals surface area contributed by atoms with Crippen molar-refractivity contribution in [3.05, 3.63) is 66.5 Å². The number of amides is 1. The number of anilines is 1. The van der Waals surface area contributed by atoms with Gasteiger partial charge in [0.05, 0.1) is 23.5 Å². The van der Waals surface area contributed by atoms with Crippen LogP contribution in [0.15, 0.2) is 55.2 Å². The molecule has 148 valence electrons. The summed E-state index contributed by atoms with van der Waals surface area (Å²) < 4.78 is 3.77. The number of fused-ring (bicyclic) bond motifs is 1. The van der Waals surface area contributed by atoms with Crippen molar-refractivity contribution in [3.63, 3.8) is 0 Å². The zero-order valence-corrected chi connectivity index (χ0v) is 17.0. The Morgan fingerprint density at radius 3 is 2.48 bits per heavy atom. The fourth-order valence-electron chi connectivity index (χ4n) is 3.23. The molecule has 0 atom stereocenters. The highest BCUT2D eigenvalue weighted by Gasteiger charge is 2.19. The molecule has 3 aromatic heterocycles. The van der Waals surface area contributed by atoms with Crippen LogP contribution < -0.4 is 5.32 Å². The molecular weight excluding hydrogens is 364 g/mol. The second kappa shape index (κ2) is 7.50. The molecular formula is C22H24N6O. The summed E-state index contributed by atoms with van der Waals surface area (Å²) in [7, 11) is 0. The van der Waals surface area contributed by atoms with E-state index in [-0.39, 0.29) is 17.9 Å². The molecule has 0 saturated carbocycles. The van der Waals surface area contributed by atoms with Crippen LogP contribution in [0, 0.1) is 0 Å². The number of nitrogens with zero attached hydrogens (tertiary/aromatic N) is 5. The molecule has 0 fully saturated rings. The number of imidazole rings is 1. The first-order valence-electron chi connectivity index (χ1n) is 9.72. The van der Waals surface area contributed by atoms with Crippen LogP contribution in [0.3, 0.4) is 0 Å². The highest BCUT2D eigenvalue weighted by molar-refractivity contribution is 6.12. The van der Waals surface area contributed by atoms with Gasteiger partial charge in [-0.25, -0.2) is 14.6 Å². The standard InChI is InChI=1S/C22H24N6O/c1-14(2)20-11-18(19-12-24-28(15(3)4)21(19)26-20)22(29)25-16-5-7-17(8-6-16)27-10-9-23-13-27/h5-15H,1-4H3,(H,25,29). The van der Waals surface area contributed by atoms with Gasteiger partial charge < -0.3 is 9.88 Å². The number of hydrogen-bond donors (Lipinski definition) is 1. The quantitative estimate of drug-likeness (QED) is 0.543. The Bertz CT molecular complexity index is 1140. The van der Waals surface area contributed by atoms with E-state index >= 15 is 0 Å². The summed E-state index contributed by atoms with van der Waals surface area (Å²) in [6, 6.07) is 9.67. The van der Waals surface area contributed by atoms with E-state index in [1.807, 2.05) is 45.8 Å². The molecule has 0 aliphatic carbocycles. The number of hydrogen-bond acceptors (Lipinski definition) is 4. The number of rotatable bonds is 5. The Labute approximate surface area is 169 Å². The summed E-state index contributed by atoms with van der Waals surface area (Å²) in [6.07, 6.45) is 7.07. The second-order valence-corrected chi connectivity index (χ2v) is 7.64. The molecule has 0 spiro atoms. The zero-order chi connectivity index (χ0) is 20.5. The third-order valence-electron chi connectivity index (χ3n) is 4.84. The van der Waals surface area contributed by atoms with Crippen LogP contribution in [0.2, 0.25) is 0 Å². The molecule has 7 nitrogen and oxygen atoms in total. The average molecular weight is 388 g/mol. The Balaban J connectivity index is 1.67. The van der Waals surface area contributed by atoms with Gasteiger partial charge in [-0.3, -0.25) is 4.79 Å². The van der Waals surface area contributed by atoms with E-state index < -0.39 is 0 Å². The van der Waals surface area contributed by atoms with E-state index in [0.717, 1.165) is 28.1 Å². The van der Waals surface area contributed by atoms with Gasteiger partial charge >= 0.3 is 0 Å². The van der Waals surface area contributed by atoms with Gasteiger partial charge in [-0.1, -0.05) is 13.8 Å². The van der Waals surface area contributed by atoms with Gasteiger partial charge in [-0.2, -0.15) is 5.10 Å². The van der Waals surface area contributed by atoms with Gasteiger partial charge in [-0.15, -0.1) is 0 Å². The lowest BCUT2D eigenvalue weighted by Crippen LogP contribution is -2.14. The molecule has 29 heavy (non-hydrogen) atoms. The summed E-state index contributed by atoms with van der Waals surface area (Å²) in [5.74, 6) is 0.0360. The molecule has 1 aromatic carbocycles. The van der Waals surface area contributed by atoms with Gasteiger partial charge in [0.2, 0.25) is 0 Å². The van der Waals surface area contributed by atoms with Crippen LogP contribution in [0.25, 0.3) is 16.7 Å². The summed E-state index contributed by atoms with van der Waals surface area (Å²) in [5, 5.41) is 8.21. The molecule has 0 aliphatic heterocycles. The molecule has 4 aromatic rings. The molecule has 7 heteroatoms. The largest absolute Gasteiger partial charge is 0.322 e. The SMILES string of the molecule is CC(C)c1cc(C(=O)Nc2ccc(-n3ccnc3)cc2)c2cnn(C(C)C)c2n1. The van der Waals surface area contributed by atoms with E-state index in [1.54, 1.807) is 18.7 Å². The van der Waals surface area contributed by atoms with Crippen LogP contribution in [0.5, 0.6) is 0 Å². The first-order valence-corrected chi connectivity index (χ1v) is 9.72. The van der Waals surface area contributed by atoms with Crippen LogP contribution in [0.1, 0.15) is 55.7 Å². The van der Waals surface area contributed by atoms with E-state index in [0.29, 0.717) is 5.56 Å². The van der Waals surface area contributed by atoms with Crippen molar-refractivity contribution in [1.82, 2.24) is 24.3 Å². The minimum Gasteiger partial charge on any atom is -0.322 e. The highest BCUT2D eigenvalue weighted by Crippen LogP contribution is 2.25. The van der Waals surface area contributed by atoms with Crippen molar-refractivity contribution in [3.8, 4) is 5.69 Å². The average Bonchev–Trinajstić information content (AvgIpc) is 3.37. The number of nitrogens with one attached hydrogen (secondary N) is 1. The summed E-state index contributed by atoms with van der Waals surface area (Å²) >= 11 is 0. The van der Waals surface area contributed by atoms with Crippen LogP contribution in [-0.2, 0) is 0 Å². The first kappa shape index (κ1) is 18.9. The van der Waals surface area contributed by atoms with E-state index in [4.69, 9.17) is 4.98 Å². The van der Waals surface area contributed by atoms with Gasteiger partial charge in [0.1, 0.15) is 0 Å². The monoisotopic (exact) mass is 388 g/mol. The maximum absolute atomic E-state index is 13.1. The molecule has 4 rings (SSSR count). The smallest absolute Gasteiger partial charge is 0.256 e. The predicted molar refractivity (Wildman–Crippen MR) is 114 cm³/mol. The number of carbonyl (C=O) groups is 1. The number of pyridine rings is 1. The van der Waals surface area contributed by atoms with Crippen LogP contribution in [-0.4, -0.2) is 30.2 Å². The highest BCUT2D eigenvalue weighted by atomic mass is 16.1. The molecule has 0 unspecified atom stereocenters. The number of carbonyl (C=O) groups excluding carboxylic acids is 1. The summed E-state index contributed by atoms with van der Waals surface area (Å²) in [4.78, 5) is 21.9. The minimum atomic E-state index is -0.169. The molecule has 1 amide bonds. The predicted octanol–water partition coefficient (Wildman–Crippen LogP) is 4.57. The van der Waals surface area contributed by atoms with Gasteiger partial charge in [0.25, 0.3) is 5.91 Å². The molecule has 0 bridgehead atoms. The van der Waals surface area contributed by atoms with Crippen molar-refractivity contribution < 1.29 is 4.79 Å². The lowest BCUT2D eigenvalue weighted by molar-refractivity contribution is 0.102. The summed E-state index contributed by atoms with van der Waals surface area (Å²) in [5.41, 5.74) is 3.91. The third-order valence-corrected chi connectivity index (χ3v) is 4.84. The van der Waals surface area contributed by atoms with E-state index in [9.17, 15) is 4.79 Å². The van der Waals surface area contributed by atoms with Crippen molar-refractivity contribution in [2.75, 3.05) is 5.32 Å². The Hall–Kier alpha value is -3.48. The molecule has 0 aliphatic rings. The van der Waals surface area contributed by atoms with E-state index in [2.05, 4.69) is 43.1 Å². The molecule has 0 radical (unpaired) electrons. The fraction of sp³-hybridized carbons (Fsp3) is 0.273. The van der Waals surface area contributed by atoms with Crippen molar-refractivity contribution in [1.29, 1.82) is 0 Å². The molecule has 1 N–H and O–H groups in total. The Morgan fingerprint density at radius 1 is 1.10 bits per heavy atom. The Morgan fingerprint density at radius 2 is 1.86 bits per heavy atom. The van der Waals surface area contributed by atoms with Crippen molar-refractivity contribution in [2.24, 2.45) is 0 Å². The fourth-order valence-corrected chi connectivity index (χ4v) is 3.23. The molecule has 0 saturated heterocycles. The minimum absolute atomic E-state index is 0.161. The lowest BCUT2D eigenvalue weighted by atomic mass is 10.0. The van der Waals surface area contributed by atoms with Crippen molar-refractivity contribution >= 4 is 22.6 Å². The molecule has 3 heterocycles. The van der Waals surface area contributed by atoms with Crippen LogP contribution in [0.4, 0.5) is 5.69 Å². The normalized spacial score (nSPS) is 11.5. The lowest BCUT2D eigenvalue weighted by Gasteiger charge is -2.12. The summed E-state index contributed by atoms with van der Waals surface area (Å²) in [6.45, 7) is 8.25. The topological polar surface area (TPSA) is 77.6 Å². The number of aromatic nitrogens is 5. The van der Waals surface area contributed by atoms with Gasteiger partial charge in [-0.05, 0) is 50.1 Å². The number of benzene rings is 1. The third kappa shape index (κ3) is 3.63. The maximum atomic E-state index is 13.1. The van der Waals surface area contributed by atoms with Crippen LogP contribution >= 0.6 is 0 Å². The maximum Gasteiger partial charge on any atom is 0.256 e. The Kier molecular flexibility index (Phi) is 4.88. The van der Waals surface area contributed by atoms with Gasteiger partial charge in [0, 0.05) is 35.5 Å². The van der Waals surface area contributed by atoms with E-state index in [1.165, 1.54) is 0 Å². The van der Waals surface area contributed by atoms with Gasteiger partial charge in [0.15, 0.2) is 5.65 Å². The second-order valence-electron chi connectivity index (χ2n) is 7.64. The van der Waals surface area contributed by atoms with Crippen molar-refractivity contribution in [2.45, 2.75) is 39.7 Å².